The van der Waals surface area contributed by atoms with Gasteiger partial charge in [-0.3, -0.25) is 4.99 Å². The van der Waals surface area contributed by atoms with Crippen LogP contribution in [-0.4, -0.2) is 81.8 Å². The molecule has 29 heavy (non-hydrogen) atoms. The highest BCUT2D eigenvalue weighted by atomic mass is 16.5. The van der Waals surface area contributed by atoms with Crippen molar-refractivity contribution in [2.24, 2.45) is 4.99 Å². The molecule has 0 spiro atoms. The van der Waals surface area contributed by atoms with E-state index in [4.69, 9.17) is 9.73 Å². The predicted octanol–water partition coefficient (Wildman–Crippen LogP) is 2.52. The number of piperazine rings is 1. The Bertz CT molecular complexity index is 611. The lowest BCUT2D eigenvalue weighted by Crippen LogP contribution is -2.46. The van der Waals surface area contributed by atoms with E-state index in [2.05, 4.69) is 53.3 Å². The van der Waals surface area contributed by atoms with Gasteiger partial charge in [0.1, 0.15) is 5.75 Å². The Morgan fingerprint density at radius 1 is 1.07 bits per heavy atom. The molecule has 1 fully saturated rings. The first-order valence-corrected chi connectivity index (χ1v) is 11.3. The first kappa shape index (κ1) is 23.5. The molecule has 1 aromatic rings. The number of rotatable bonds is 11. The van der Waals surface area contributed by atoms with Crippen LogP contribution in [0.1, 0.15) is 37.8 Å². The van der Waals surface area contributed by atoms with E-state index < -0.39 is 0 Å². The van der Waals surface area contributed by atoms with Crippen LogP contribution in [0, 0.1) is 6.92 Å². The third-order valence-electron chi connectivity index (χ3n) is 5.53. The lowest BCUT2D eigenvalue weighted by Gasteiger charge is -2.33. The number of aliphatic imine (C=N–C) groups is 1. The summed E-state index contributed by atoms with van der Waals surface area (Å²) < 4.78 is 5.48. The number of ether oxygens (including phenoxy) is 1. The Morgan fingerprint density at radius 2 is 1.83 bits per heavy atom. The van der Waals surface area contributed by atoms with Crippen LogP contribution >= 0.6 is 0 Å². The topological polar surface area (TPSA) is 52.1 Å². The van der Waals surface area contributed by atoms with Crippen molar-refractivity contribution < 1.29 is 4.74 Å². The maximum Gasteiger partial charge on any atom is 0.191 e. The fraction of sp³-hybridized carbons (Fsp3) is 0.696. The van der Waals surface area contributed by atoms with Crippen LogP contribution < -0.4 is 15.4 Å². The molecule has 0 aromatic heterocycles. The number of guanidine groups is 1. The van der Waals surface area contributed by atoms with Crippen molar-refractivity contribution in [2.45, 2.75) is 40.0 Å². The summed E-state index contributed by atoms with van der Waals surface area (Å²) in [6.07, 6.45) is 3.27. The minimum Gasteiger partial charge on any atom is -0.496 e. The van der Waals surface area contributed by atoms with Crippen LogP contribution in [0.3, 0.4) is 0 Å². The number of methoxy groups -OCH3 is 1. The molecule has 0 saturated carbocycles. The lowest BCUT2D eigenvalue weighted by atomic mass is 10.1. The number of nitrogens with zero attached hydrogens (tertiary/aromatic N) is 3. The molecule has 2 N–H and O–H groups in total. The molecule has 6 heteroatoms. The molecule has 164 valence electrons. The summed E-state index contributed by atoms with van der Waals surface area (Å²) in [5, 5.41) is 6.81. The van der Waals surface area contributed by atoms with E-state index in [1.165, 1.54) is 56.8 Å². The van der Waals surface area contributed by atoms with Crippen molar-refractivity contribution in [3.05, 3.63) is 29.3 Å². The fourth-order valence-corrected chi connectivity index (χ4v) is 3.73. The Hall–Kier alpha value is -1.79. The van der Waals surface area contributed by atoms with Crippen LogP contribution in [0.15, 0.2) is 23.2 Å². The van der Waals surface area contributed by atoms with E-state index in [1.54, 1.807) is 7.11 Å². The van der Waals surface area contributed by atoms with E-state index in [9.17, 15) is 0 Å². The molecule has 0 radical (unpaired) electrons. The molecule has 1 aliphatic heterocycles. The highest BCUT2D eigenvalue weighted by molar-refractivity contribution is 5.79. The van der Waals surface area contributed by atoms with Gasteiger partial charge in [-0.2, -0.15) is 0 Å². The minimum atomic E-state index is 0.841. The molecule has 1 saturated heterocycles. The van der Waals surface area contributed by atoms with Gasteiger partial charge in [0.25, 0.3) is 0 Å². The van der Waals surface area contributed by atoms with E-state index in [-0.39, 0.29) is 0 Å². The Morgan fingerprint density at radius 3 is 2.52 bits per heavy atom. The molecule has 0 amide bonds. The molecule has 6 nitrogen and oxygen atoms in total. The number of hydrogen-bond donors (Lipinski definition) is 2. The zero-order valence-electron chi connectivity index (χ0n) is 19.0. The van der Waals surface area contributed by atoms with Crippen molar-refractivity contribution in [3.63, 3.8) is 0 Å². The molecule has 1 aromatic carbocycles. The van der Waals surface area contributed by atoms with E-state index in [0.29, 0.717) is 0 Å². The molecule has 1 aliphatic rings. The summed E-state index contributed by atoms with van der Waals surface area (Å²) in [7, 11) is 1.73. The summed E-state index contributed by atoms with van der Waals surface area (Å²) in [5.74, 6) is 1.87. The van der Waals surface area contributed by atoms with Crippen LogP contribution in [0.4, 0.5) is 0 Å². The van der Waals surface area contributed by atoms with Gasteiger partial charge >= 0.3 is 0 Å². The van der Waals surface area contributed by atoms with E-state index in [1.807, 2.05) is 6.07 Å². The quantitative estimate of drug-likeness (QED) is 0.338. The van der Waals surface area contributed by atoms with Crippen molar-refractivity contribution in [1.82, 2.24) is 20.4 Å². The third-order valence-corrected chi connectivity index (χ3v) is 5.53. The second-order valence-corrected chi connectivity index (χ2v) is 7.74. The van der Waals surface area contributed by atoms with Gasteiger partial charge in [0.15, 0.2) is 5.96 Å². The zero-order valence-corrected chi connectivity index (χ0v) is 19.0. The lowest BCUT2D eigenvalue weighted by molar-refractivity contribution is 0.136. The second-order valence-electron chi connectivity index (χ2n) is 7.74. The molecular weight excluding hydrogens is 362 g/mol. The van der Waals surface area contributed by atoms with Gasteiger partial charge < -0.3 is 25.2 Å². The second kappa shape index (κ2) is 13.4. The average Bonchev–Trinajstić information content (AvgIpc) is 2.74. The standard InChI is InChI=1S/C23H41N5O/c1-5-24-23(26-13-11-21-19-20(3)9-10-22(21)29-4)25-12-7-8-14-28-17-15-27(6-2)16-18-28/h9-10,19H,5-8,11-18H2,1-4H3,(H2,24,25,26). The Kier molecular flexibility index (Phi) is 10.9. The molecule has 0 aliphatic carbocycles. The maximum absolute atomic E-state index is 5.48. The monoisotopic (exact) mass is 403 g/mol. The Balaban J connectivity index is 1.68. The normalized spacial score (nSPS) is 16.1. The SMILES string of the molecule is CCNC(=NCCCCN1CCN(CC)CC1)NCCc1cc(C)ccc1OC. The minimum absolute atomic E-state index is 0.841. The average molecular weight is 404 g/mol. The van der Waals surface area contributed by atoms with Gasteiger partial charge in [-0.25, -0.2) is 0 Å². The summed E-state index contributed by atoms with van der Waals surface area (Å²) >= 11 is 0. The Labute approximate surface area is 177 Å². The van der Waals surface area contributed by atoms with Gasteiger partial charge in [-0.15, -0.1) is 0 Å². The smallest absolute Gasteiger partial charge is 0.191 e. The van der Waals surface area contributed by atoms with Crippen molar-refractivity contribution >= 4 is 5.96 Å². The molecule has 2 rings (SSSR count). The van der Waals surface area contributed by atoms with Crippen LogP contribution in [0.25, 0.3) is 0 Å². The third kappa shape index (κ3) is 8.62. The summed E-state index contributed by atoms with van der Waals surface area (Å²) in [4.78, 5) is 9.87. The highest BCUT2D eigenvalue weighted by Crippen LogP contribution is 2.19. The number of hydrogen-bond acceptors (Lipinski definition) is 4. The number of nitrogens with one attached hydrogen (secondary N) is 2. The van der Waals surface area contributed by atoms with Crippen molar-refractivity contribution in [2.75, 3.05) is 66.0 Å². The number of likely N-dealkylation sites (N-methyl/N-ethyl adjacent to an activating group) is 1. The van der Waals surface area contributed by atoms with Crippen molar-refractivity contribution in [3.8, 4) is 5.75 Å². The van der Waals surface area contributed by atoms with Gasteiger partial charge in [-0.05, 0) is 57.8 Å². The number of aryl methyl sites for hydroxylation is 1. The maximum atomic E-state index is 5.48. The largest absolute Gasteiger partial charge is 0.496 e. The molecular formula is C23H41N5O. The first-order chi connectivity index (χ1) is 14.2. The van der Waals surface area contributed by atoms with E-state index in [0.717, 1.165) is 44.2 Å². The molecule has 1 heterocycles. The van der Waals surface area contributed by atoms with E-state index >= 15 is 0 Å². The van der Waals surface area contributed by atoms with Gasteiger partial charge in [0.2, 0.25) is 0 Å². The molecule has 0 unspecified atom stereocenters. The predicted molar refractivity (Wildman–Crippen MR) is 123 cm³/mol. The molecule has 0 bridgehead atoms. The molecule has 0 atom stereocenters. The van der Waals surface area contributed by atoms with Crippen LogP contribution in [0.5, 0.6) is 5.75 Å². The number of benzene rings is 1. The zero-order chi connectivity index (χ0) is 20.9. The summed E-state index contributed by atoms with van der Waals surface area (Å²) in [5.41, 5.74) is 2.50. The van der Waals surface area contributed by atoms with Gasteiger partial charge in [0.05, 0.1) is 7.11 Å². The van der Waals surface area contributed by atoms with Crippen LogP contribution in [-0.2, 0) is 6.42 Å². The summed E-state index contributed by atoms with van der Waals surface area (Å²) in [6, 6.07) is 6.34. The van der Waals surface area contributed by atoms with Crippen LogP contribution in [0.2, 0.25) is 0 Å². The fourth-order valence-electron chi connectivity index (χ4n) is 3.73. The highest BCUT2D eigenvalue weighted by Gasteiger charge is 2.14. The first-order valence-electron chi connectivity index (χ1n) is 11.3. The number of unbranched alkanes of at least 4 members (excludes halogenated alkanes) is 1. The van der Waals surface area contributed by atoms with Crippen molar-refractivity contribution in [1.29, 1.82) is 0 Å². The van der Waals surface area contributed by atoms with Gasteiger partial charge in [-0.1, -0.05) is 24.6 Å². The summed E-state index contributed by atoms with van der Waals surface area (Å²) in [6.45, 7) is 16.3. The van der Waals surface area contributed by atoms with Gasteiger partial charge in [0, 0.05) is 45.8 Å².